The summed E-state index contributed by atoms with van der Waals surface area (Å²) in [6.07, 6.45) is -1.71. The topological polar surface area (TPSA) is 62.6 Å². The zero-order valence-electron chi connectivity index (χ0n) is 14.5. The van der Waals surface area contributed by atoms with E-state index in [2.05, 4.69) is 5.32 Å². The van der Waals surface area contributed by atoms with E-state index < -0.39 is 17.7 Å². The van der Waals surface area contributed by atoms with E-state index in [4.69, 9.17) is 4.42 Å². The van der Waals surface area contributed by atoms with Gasteiger partial charge in [-0.25, -0.2) is 0 Å². The van der Waals surface area contributed by atoms with Crippen LogP contribution >= 0.6 is 0 Å². The number of piperidine rings is 1. The van der Waals surface area contributed by atoms with Gasteiger partial charge < -0.3 is 14.6 Å². The summed E-state index contributed by atoms with van der Waals surface area (Å²) >= 11 is 0. The molecule has 0 aliphatic carbocycles. The third kappa shape index (κ3) is 4.69. The summed E-state index contributed by atoms with van der Waals surface area (Å²) in [4.78, 5) is 26.3. The second-order valence-electron chi connectivity index (χ2n) is 6.48. The molecular weight excluding hydrogens is 361 g/mol. The molecule has 1 aliphatic heterocycles. The largest absolute Gasteiger partial charge is 0.459 e. The van der Waals surface area contributed by atoms with Gasteiger partial charge in [0.2, 0.25) is 5.91 Å². The molecule has 1 saturated heterocycles. The Morgan fingerprint density at radius 2 is 2.04 bits per heavy atom. The minimum atomic E-state index is -4.42. The van der Waals surface area contributed by atoms with Gasteiger partial charge in [0.25, 0.3) is 5.91 Å². The molecule has 1 atom stereocenters. The van der Waals surface area contributed by atoms with Gasteiger partial charge in [0.15, 0.2) is 5.76 Å². The zero-order valence-corrected chi connectivity index (χ0v) is 14.5. The van der Waals surface area contributed by atoms with E-state index >= 15 is 0 Å². The number of benzene rings is 1. The lowest BCUT2D eigenvalue weighted by atomic mass is 9.96. The molecule has 144 valence electrons. The van der Waals surface area contributed by atoms with Crippen LogP contribution in [0.15, 0.2) is 47.1 Å². The van der Waals surface area contributed by atoms with Crippen LogP contribution in [0.5, 0.6) is 0 Å². The van der Waals surface area contributed by atoms with Crippen molar-refractivity contribution in [2.24, 2.45) is 5.92 Å². The van der Waals surface area contributed by atoms with Gasteiger partial charge in [0, 0.05) is 19.6 Å². The lowest BCUT2D eigenvalue weighted by molar-refractivity contribution is -0.137. The maximum atomic E-state index is 12.8. The zero-order chi connectivity index (χ0) is 19.4. The summed E-state index contributed by atoms with van der Waals surface area (Å²) in [5.74, 6) is -0.719. The molecular formula is C19H19F3N2O3. The number of amides is 2. The monoisotopic (exact) mass is 380 g/mol. The summed E-state index contributed by atoms with van der Waals surface area (Å²) in [7, 11) is 0. The van der Waals surface area contributed by atoms with Crippen molar-refractivity contribution in [1.29, 1.82) is 0 Å². The first-order valence-corrected chi connectivity index (χ1v) is 8.61. The predicted octanol–water partition coefficient (Wildman–Crippen LogP) is 3.47. The number of nitrogens with one attached hydrogen (secondary N) is 1. The summed E-state index contributed by atoms with van der Waals surface area (Å²) in [6, 6.07) is 8.05. The molecule has 0 bridgehead atoms. The number of halogens is 3. The minimum Gasteiger partial charge on any atom is -0.459 e. The molecule has 8 heteroatoms. The van der Waals surface area contributed by atoms with Gasteiger partial charge in [-0.15, -0.1) is 0 Å². The highest BCUT2D eigenvalue weighted by atomic mass is 19.4. The Balaban J connectivity index is 1.57. The molecule has 0 radical (unpaired) electrons. The fourth-order valence-corrected chi connectivity index (χ4v) is 3.12. The minimum absolute atomic E-state index is 0.00534. The molecule has 0 spiro atoms. The number of alkyl halides is 3. The first kappa shape index (κ1) is 19.0. The summed E-state index contributed by atoms with van der Waals surface area (Å²) in [6.45, 7) is 0.802. The van der Waals surface area contributed by atoms with E-state index in [1.807, 2.05) is 0 Å². The molecule has 1 aromatic heterocycles. The number of nitrogens with zero attached hydrogens (tertiary/aromatic N) is 1. The van der Waals surface area contributed by atoms with Crippen molar-refractivity contribution >= 4 is 11.8 Å². The van der Waals surface area contributed by atoms with Gasteiger partial charge in [-0.2, -0.15) is 13.2 Å². The second-order valence-corrected chi connectivity index (χ2v) is 6.48. The number of carbonyl (C=O) groups excluding carboxylic acids is 2. The molecule has 1 N–H and O–H groups in total. The molecule has 1 fully saturated rings. The van der Waals surface area contributed by atoms with Crippen molar-refractivity contribution in [2.45, 2.75) is 25.6 Å². The fourth-order valence-electron chi connectivity index (χ4n) is 3.12. The highest BCUT2D eigenvalue weighted by molar-refractivity contribution is 5.92. The van der Waals surface area contributed by atoms with E-state index in [1.54, 1.807) is 17.0 Å². The van der Waals surface area contributed by atoms with Crippen LogP contribution < -0.4 is 5.32 Å². The molecule has 2 aromatic rings. The van der Waals surface area contributed by atoms with Crippen molar-refractivity contribution in [3.8, 4) is 0 Å². The molecule has 0 saturated carbocycles. The summed E-state index contributed by atoms with van der Waals surface area (Å²) < 4.78 is 43.4. The Kier molecular flexibility index (Phi) is 5.53. The third-order valence-corrected chi connectivity index (χ3v) is 4.53. The SMILES string of the molecule is O=C(NCc1cccc(C(F)(F)F)c1)[C@H]1CCCN(C(=O)c2ccco2)C1. The predicted molar refractivity (Wildman–Crippen MR) is 90.6 cm³/mol. The van der Waals surface area contributed by atoms with Crippen LogP contribution in [0.4, 0.5) is 13.2 Å². The number of hydrogen-bond donors (Lipinski definition) is 1. The molecule has 0 unspecified atom stereocenters. The van der Waals surface area contributed by atoms with Crippen molar-refractivity contribution < 1.29 is 27.2 Å². The quantitative estimate of drug-likeness (QED) is 0.884. The van der Waals surface area contributed by atoms with E-state index in [1.165, 1.54) is 18.4 Å². The Morgan fingerprint density at radius 3 is 2.74 bits per heavy atom. The average Bonchev–Trinajstić information content (AvgIpc) is 3.20. The Bertz CT molecular complexity index is 803. The molecule has 2 heterocycles. The summed E-state index contributed by atoms with van der Waals surface area (Å²) in [5.41, 5.74) is -0.375. The number of hydrogen-bond acceptors (Lipinski definition) is 3. The third-order valence-electron chi connectivity index (χ3n) is 4.53. The number of rotatable bonds is 4. The Labute approximate surface area is 154 Å². The molecule has 27 heavy (non-hydrogen) atoms. The van der Waals surface area contributed by atoms with Crippen LogP contribution in [0.3, 0.4) is 0 Å². The fraction of sp³-hybridized carbons (Fsp3) is 0.368. The van der Waals surface area contributed by atoms with Crippen molar-refractivity contribution in [3.05, 3.63) is 59.5 Å². The van der Waals surface area contributed by atoms with Crippen LogP contribution in [-0.4, -0.2) is 29.8 Å². The van der Waals surface area contributed by atoms with Gasteiger partial charge in [-0.3, -0.25) is 9.59 Å². The van der Waals surface area contributed by atoms with Crippen molar-refractivity contribution in [1.82, 2.24) is 10.2 Å². The Hall–Kier alpha value is -2.77. The van der Waals surface area contributed by atoms with Crippen LogP contribution in [0.1, 0.15) is 34.5 Å². The maximum Gasteiger partial charge on any atom is 0.416 e. The van der Waals surface area contributed by atoms with Gasteiger partial charge >= 0.3 is 6.18 Å². The lowest BCUT2D eigenvalue weighted by Gasteiger charge is -2.31. The van der Waals surface area contributed by atoms with Crippen LogP contribution in [0.25, 0.3) is 0 Å². The molecule has 2 amide bonds. The van der Waals surface area contributed by atoms with E-state index in [0.29, 0.717) is 24.9 Å². The van der Waals surface area contributed by atoms with Crippen LogP contribution in [0, 0.1) is 5.92 Å². The maximum absolute atomic E-state index is 12.8. The van der Waals surface area contributed by atoms with Gasteiger partial charge in [0.05, 0.1) is 17.7 Å². The highest BCUT2D eigenvalue weighted by Gasteiger charge is 2.31. The average molecular weight is 380 g/mol. The van der Waals surface area contributed by atoms with E-state index in [0.717, 1.165) is 12.1 Å². The highest BCUT2D eigenvalue weighted by Crippen LogP contribution is 2.29. The number of carbonyl (C=O) groups is 2. The standard InChI is InChI=1S/C19H19F3N2O3/c20-19(21,22)15-6-1-4-13(10-15)11-23-17(25)14-5-2-8-24(12-14)18(26)16-7-3-9-27-16/h1,3-4,6-7,9-10,14H,2,5,8,11-12H2,(H,23,25)/t14-/m0/s1. The first-order valence-electron chi connectivity index (χ1n) is 8.61. The molecule has 1 aliphatic rings. The lowest BCUT2D eigenvalue weighted by Crippen LogP contribution is -2.45. The smallest absolute Gasteiger partial charge is 0.416 e. The van der Waals surface area contributed by atoms with Crippen molar-refractivity contribution in [3.63, 3.8) is 0 Å². The van der Waals surface area contributed by atoms with Crippen molar-refractivity contribution in [2.75, 3.05) is 13.1 Å². The second kappa shape index (κ2) is 7.85. The first-order chi connectivity index (χ1) is 12.8. The van der Waals surface area contributed by atoms with E-state index in [-0.39, 0.29) is 30.7 Å². The van der Waals surface area contributed by atoms with Crippen LogP contribution in [0.2, 0.25) is 0 Å². The Morgan fingerprint density at radius 1 is 1.22 bits per heavy atom. The number of likely N-dealkylation sites (tertiary alicyclic amines) is 1. The van der Waals surface area contributed by atoms with Gasteiger partial charge in [0.1, 0.15) is 0 Å². The normalized spacial score (nSPS) is 17.6. The van der Waals surface area contributed by atoms with E-state index in [9.17, 15) is 22.8 Å². The van der Waals surface area contributed by atoms with Gasteiger partial charge in [-0.1, -0.05) is 12.1 Å². The van der Waals surface area contributed by atoms with Gasteiger partial charge in [-0.05, 0) is 42.7 Å². The number of furan rings is 1. The summed E-state index contributed by atoms with van der Waals surface area (Å²) in [5, 5.41) is 2.67. The molecule has 3 rings (SSSR count). The van der Waals surface area contributed by atoms with Crippen LogP contribution in [-0.2, 0) is 17.5 Å². The molecule has 5 nitrogen and oxygen atoms in total. The molecule has 1 aromatic carbocycles.